The van der Waals surface area contributed by atoms with Crippen LogP contribution in [-0.4, -0.2) is 140 Å². The first kappa shape index (κ1) is 56.6. The molecule has 0 spiro atoms. The Hall–Kier alpha value is -9.56. The lowest BCUT2D eigenvalue weighted by molar-refractivity contribution is -0.385. The normalized spacial score (nSPS) is 13.8. The number of nitro groups is 2. The van der Waals surface area contributed by atoms with Gasteiger partial charge in [-0.15, -0.1) is 0 Å². The van der Waals surface area contributed by atoms with Crippen LogP contribution >= 0.6 is 0 Å². The number of ether oxygens (including phenoxy) is 4. The van der Waals surface area contributed by atoms with Gasteiger partial charge in [-0.2, -0.15) is 0 Å². The van der Waals surface area contributed by atoms with Gasteiger partial charge in [-0.1, -0.05) is 24.3 Å². The zero-order valence-corrected chi connectivity index (χ0v) is 44.1. The zero-order chi connectivity index (χ0) is 57.4. The van der Waals surface area contributed by atoms with E-state index in [-0.39, 0.29) is 47.0 Å². The molecule has 4 aromatic carbocycles. The van der Waals surface area contributed by atoms with E-state index in [0.29, 0.717) is 89.9 Å². The van der Waals surface area contributed by atoms with Gasteiger partial charge in [0.1, 0.15) is 34.6 Å². The van der Waals surface area contributed by atoms with Crippen LogP contribution in [0.5, 0.6) is 23.0 Å². The maximum Gasteiger partial charge on any atom is 0.423 e. The number of carbonyl (C=O) groups is 4. The van der Waals surface area contributed by atoms with Crippen LogP contribution in [0.2, 0.25) is 0 Å². The van der Waals surface area contributed by atoms with E-state index >= 15 is 0 Å². The third-order valence-corrected chi connectivity index (χ3v) is 13.8. The van der Waals surface area contributed by atoms with Gasteiger partial charge in [0, 0.05) is 130 Å². The Labute approximate surface area is 455 Å². The lowest BCUT2D eigenvalue weighted by Gasteiger charge is -2.36. The number of carbonyl (C=O) groups excluding carboxylic acids is 4. The Balaban J connectivity index is 0.884. The molecule has 4 heterocycles. The molecule has 0 N–H and O–H groups in total. The molecule has 2 aliphatic rings. The number of esters is 2. The molecule has 2 saturated heterocycles. The van der Waals surface area contributed by atoms with Crippen LogP contribution < -0.4 is 51.2 Å². The summed E-state index contributed by atoms with van der Waals surface area (Å²) in [6, 6.07) is 20.5. The molecule has 26 nitrogen and oxygen atoms in total. The number of rotatable bonds is 20. The highest BCUT2D eigenvalue weighted by Gasteiger charge is 2.29. The predicted molar refractivity (Wildman–Crippen MR) is 289 cm³/mol. The third kappa shape index (κ3) is 12.7. The van der Waals surface area contributed by atoms with E-state index in [9.17, 15) is 58.6 Å². The van der Waals surface area contributed by atoms with Crippen LogP contribution in [0.15, 0.2) is 116 Å². The minimum absolute atomic E-state index is 0.00226. The Morgan fingerprint density at radius 1 is 0.463 bits per heavy atom. The molecule has 80 heavy (non-hydrogen) atoms. The van der Waals surface area contributed by atoms with Crippen molar-refractivity contribution in [1.29, 1.82) is 0 Å². The van der Waals surface area contributed by atoms with Crippen LogP contribution in [0.3, 0.4) is 0 Å². The summed E-state index contributed by atoms with van der Waals surface area (Å²) in [6.45, 7) is 6.02. The molecular weight excluding hydrogens is 1040 g/mol. The van der Waals surface area contributed by atoms with Crippen LogP contribution in [-0.2, 0) is 37.8 Å². The lowest BCUT2D eigenvalue weighted by Crippen LogP contribution is -2.49. The van der Waals surface area contributed by atoms with Crippen molar-refractivity contribution in [2.75, 3.05) is 88.5 Å². The van der Waals surface area contributed by atoms with Crippen molar-refractivity contribution in [3.05, 3.63) is 181 Å². The van der Waals surface area contributed by atoms with Crippen molar-refractivity contribution in [3.63, 3.8) is 0 Å². The Morgan fingerprint density at radius 2 is 0.825 bits per heavy atom. The lowest BCUT2D eigenvalue weighted by atomic mass is 10.0. The van der Waals surface area contributed by atoms with Gasteiger partial charge in [-0.3, -0.25) is 67.5 Å². The molecule has 8 rings (SSSR count). The van der Waals surface area contributed by atoms with E-state index in [1.54, 1.807) is 14.1 Å². The van der Waals surface area contributed by atoms with Gasteiger partial charge in [0.25, 0.3) is 22.5 Å². The molecule has 2 aliphatic heterocycles. The highest BCUT2D eigenvalue weighted by molar-refractivity contribution is 6.31. The first-order valence-electron chi connectivity index (χ1n) is 25.3. The summed E-state index contributed by atoms with van der Waals surface area (Å²) in [6.07, 6.45) is 0.963. The monoisotopic (exact) mass is 1100 g/mol. The van der Waals surface area contributed by atoms with Crippen molar-refractivity contribution in [2.45, 2.75) is 12.8 Å². The maximum absolute atomic E-state index is 14.2. The van der Waals surface area contributed by atoms with Gasteiger partial charge in [0.15, 0.2) is 0 Å². The number of aromatic nitrogens is 4. The quantitative estimate of drug-likeness (QED) is 0.0202. The summed E-state index contributed by atoms with van der Waals surface area (Å²) >= 11 is 0. The van der Waals surface area contributed by atoms with Crippen molar-refractivity contribution in [1.82, 2.24) is 28.1 Å². The number of nitrogens with zero attached hydrogens (tertiary/aromatic N) is 10. The topological polar surface area (TPSA) is 292 Å². The van der Waals surface area contributed by atoms with E-state index in [4.69, 9.17) is 18.9 Å². The Kier molecular flexibility index (Phi) is 17.6. The summed E-state index contributed by atoms with van der Waals surface area (Å²) in [5, 5.41) is 23.7. The molecule has 0 unspecified atom stereocenters. The van der Waals surface area contributed by atoms with Crippen molar-refractivity contribution in [2.24, 2.45) is 28.2 Å². The summed E-state index contributed by atoms with van der Waals surface area (Å²) in [5.74, 6) is -4.70. The van der Waals surface area contributed by atoms with E-state index in [2.05, 4.69) is 9.80 Å². The average molecular weight is 1100 g/mol. The molecule has 0 atom stereocenters. The molecule has 6 aromatic rings. The minimum Gasteiger partial charge on any atom is -0.493 e. The molecule has 0 aliphatic carbocycles. The summed E-state index contributed by atoms with van der Waals surface area (Å²) in [5.41, 5.74) is -3.52. The van der Waals surface area contributed by atoms with E-state index in [1.165, 1.54) is 108 Å². The summed E-state index contributed by atoms with van der Waals surface area (Å²) in [7, 11) is 6.05. The number of hydrogen-bond donors (Lipinski definition) is 0. The van der Waals surface area contributed by atoms with Crippen LogP contribution in [0.1, 0.15) is 44.7 Å². The number of piperazine rings is 2. The standard InChI is InChI=1S/C54H56N10O16/c1-55-45(33-47(65)57(3)53(55)71)61-25-21-59(22-26-61)19-9-29-77-41-17-15-35(63(73)74)31-39(41)49(67)37-11-5-7-13-43(37)79-51(69)52(70)80-44-14-8-6-12-38(44)50(68)40-32-36(64(75)76)16-18-42(40)78-30-10-20-60-23-27-62(28-24-60)46-34-48(66)58(4)54(72)56(46)2/h5-8,11-18,31-34H,9-10,19-30H2,1-4H3. The highest BCUT2D eigenvalue weighted by Crippen LogP contribution is 2.32. The SMILES string of the molecule is Cn1c(N2CCN(CCCOc3ccc([N+](=O)[O-])cc3C(=O)c3ccccc3OC(=O)C(=O)Oc3ccccc3C(=O)c3cc([N+](=O)[O-])ccc3OCCCN3CCN(c4cc(=O)n(C)c(=O)n4C)CC3)CC2)cc(=O)n(C)c1=O. The van der Waals surface area contributed by atoms with Gasteiger partial charge in [-0.05, 0) is 49.2 Å². The number of benzene rings is 4. The average Bonchev–Trinajstić information content (AvgIpc) is 3.46. The van der Waals surface area contributed by atoms with Gasteiger partial charge in [0.2, 0.25) is 11.6 Å². The van der Waals surface area contributed by atoms with E-state index in [1.807, 2.05) is 9.80 Å². The molecule has 0 radical (unpaired) electrons. The number of nitro benzene ring substituents is 2. The van der Waals surface area contributed by atoms with E-state index < -0.39 is 78.7 Å². The van der Waals surface area contributed by atoms with Crippen molar-refractivity contribution < 1.29 is 48.0 Å². The van der Waals surface area contributed by atoms with Gasteiger partial charge < -0.3 is 28.7 Å². The third-order valence-electron chi connectivity index (χ3n) is 13.8. The number of non-ortho nitro benzene ring substituents is 2. The second-order valence-corrected chi connectivity index (χ2v) is 18.8. The highest BCUT2D eigenvalue weighted by atomic mass is 16.6. The molecular formula is C54H56N10O16. The number of hydrogen-bond acceptors (Lipinski definition) is 20. The minimum atomic E-state index is -1.61. The van der Waals surface area contributed by atoms with Gasteiger partial charge in [0.05, 0.1) is 45.3 Å². The summed E-state index contributed by atoms with van der Waals surface area (Å²) in [4.78, 5) is 136. The molecule has 0 bridgehead atoms. The molecule has 0 amide bonds. The number of ketones is 2. The van der Waals surface area contributed by atoms with Crippen molar-refractivity contribution in [3.8, 4) is 23.0 Å². The molecule has 0 saturated carbocycles. The Bertz CT molecular complexity index is 3410. The maximum atomic E-state index is 14.2. The smallest absolute Gasteiger partial charge is 0.423 e. The molecule has 2 aromatic heterocycles. The van der Waals surface area contributed by atoms with Gasteiger partial charge >= 0.3 is 23.3 Å². The largest absolute Gasteiger partial charge is 0.493 e. The fraction of sp³-hybridized carbons (Fsp3) is 0.333. The van der Waals surface area contributed by atoms with Crippen LogP contribution in [0.25, 0.3) is 0 Å². The molecule has 418 valence electrons. The first-order valence-corrected chi connectivity index (χ1v) is 25.3. The van der Waals surface area contributed by atoms with E-state index in [0.717, 1.165) is 21.3 Å². The van der Waals surface area contributed by atoms with Crippen LogP contribution in [0, 0.1) is 20.2 Å². The fourth-order valence-corrected chi connectivity index (χ4v) is 9.32. The van der Waals surface area contributed by atoms with Crippen LogP contribution in [0.4, 0.5) is 23.0 Å². The van der Waals surface area contributed by atoms with Crippen molar-refractivity contribution >= 4 is 46.5 Å². The molecule has 26 heteroatoms. The van der Waals surface area contributed by atoms with Gasteiger partial charge in [-0.25, -0.2) is 19.2 Å². The Morgan fingerprint density at radius 3 is 1.19 bits per heavy atom. The second-order valence-electron chi connectivity index (χ2n) is 18.8. The fourth-order valence-electron chi connectivity index (χ4n) is 9.32. The predicted octanol–water partition coefficient (Wildman–Crippen LogP) is 2.45. The number of anilines is 2. The zero-order valence-electron chi connectivity index (χ0n) is 44.1. The molecule has 2 fully saturated rings. The summed E-state index contributed by atoms with van der Waals surface area (Å²) < 4.78 is 27.7. The first-order chi connectivity index (χ1) is 38.3. The number of para-hydroxylation sites is 2. The second kappa shape index (κ2) is 24.8.